The van der Waals surface area contributed by atoms with Gasteiger partial charge in [0.1, 0.15) is 0 Å². The van der Waals surface area contributed by atoms with E-state index in [1.165, 1.54) is 0 Å². The second-order valence-corrected chi connectivity index (χ2v) is 7.63. The number of nitrogens with zero attached hydrogens (tertiary/aromatic N) is 3. The van der Waals surface area contributed by atoms with Crippen molar-refractivity contribution in [3.63, 3.8) is 0 Å². The molecule has 0 aromatic heterocycles. The smallest absolute Gasteiger partial charge is 0.225 e. The molecule has 2 heterocycles. The summed E-state index contributed by atoms with van der Waals surface area (Å²) in [7, 11) is 0. The molecule has 0 radical (unpaired) electrons. The van der Waals surface area contributed by atoms with Crippen LogP contribution in [0, 0.1) is 11.8 Å². The van der Waals surface area contributed by atoms with Gasteiger partial charge >= 0.3 is 0 Å². The summed E-state index contributed by atoms with van der Waals surface area (Å²) < 4.78 is 0. The number of piperazine rings is 1. The normalized spacial score (nSPS) is 24.6. The zero-order valence-corrected chi connectivity index (χ0v) is 15.8. The van der Waals surface area contributed by atoms with Crippen LogP contribution in [0.2, 0.25) is 0 Å². The lowest BCUT2D eigenvalue weighted by atomic mass is 10.1. The topological polar surface area (TPSA) is 55.9 Å². The number of carbonyl (C=O) groups is 2. The number of amides is 2. The second-order valence-electron chi connectivity index (χ2n) is 7.63. The Morgan fingerprint density at radius 1 is 1.17 bits per heavy atom. The molecule has 0 spiro atoms. The lowest BCUT2D eigenvalue weighted by Gasteiger charge is -2.35. The van der Waals surface area contributed by atoms with Crippen molar-refractivity contribution in [2.24, 2.45) is 11.8 Å². The first-order valence-electron chi connectivity index (χ1n) is 9.42. The Kier molecular flexibility index (Phi) is 7.04. The Morgan fingerprint density at radius 2 is 1.79 bits per heavy atom. The Hall–Kier alpha value is -1.14. The van der Waals surface area contributed by atoms with Crippen molar-refractivity contribution in [3.8, 4) is 0 Å². The summed E-state index contributed by atoms with van der Waals surface area (Å²) in [6.45, 7) is 16.3. The number of likely N-dealkylation sites (tertiary alicyclic amines) is 1. The first-order valence-corrected chi connectivity index (χ1v) is 9.42. The van der Waals surface area contributed by atoms with E-state index in [1.807, 2.05) is 13.8 Å². The molecular formula is C18H34N4O2. The largest absolute Gasteiger partial charge is 0.355 e. The summed E-state index contributed by atoms with van der Waals surface area (Å²) in [6.07, 6.45) is 0.359. The van der Waals surface area contributed by atoms with Crippen LogP contribution in [0.1, 0.15) is 34.1 Å². The second kappa shape index (κ2) is 8.81. The number of carbonyl (C=O) groups excluding carboxylic acids is 2. The van der Waals surface area contributed by atoms with E-state index in [0.29, 0.717) is 25.4 Å². The number of nitrogens with one attached hydrogen (secondary N) is 1. The molecule has 2 rings (SSSR count). The molecule has 24 heavy (non-hydrogen) atoms. The Morgan fingerprint density at radius 3 is 2.33 bits per heavy atom. The SMILES string of the molecule is CCN1CCN(CC(C)CNC(=O)C2CC(=O)N(C(C)C)C2)CC1. The Bertz CT molecular complexity index is 433. The molecular weight excluding hydrogens is 304 g/mol. The van der Waals surface area contributed by atoms with Crippen molar-refractivity contribution < 1.29 is 9.59 Å². The van der Waals surface area contributed by atoms with Crippen LogP contribution in [0.5, 0.6) is 0 Å². The molecule has 2 aliphatic rings. The van der Waals surface area contributed by atoms with Crippen LogP contribution in [-0.2, 0) is 9.59 Å². The third kappa shape index (κ3) is 5.18. The minimum atomic E-state index is -0.180. The zero-order chi connectivity index (χ0) is 17.7. The highest BCUT2D eigenvalue weighted by Crippen LogP contribution is 2.20. The van der Waals surface area contributed by atoms with Gasteiger partial charge in [0.05, 0.1) is 5.92 Å². The highest BCUT2D eigenvalue weighted by atomic mass is 16.2. The Labute approximate surface area is 146 Å². The third-order valence-electron chi connectivity index (χ3n) is 5.26. The fourth-order valence-corrected chi connectivity index (χ4v) is 3.62. The molecule has 2 saturated heterocycles. The quantitative estimate of drug-likeness (QED) is 0.740. The van der Waals surface area contributed by atoms with Crippen LogP contribution in [0.3, 0.4) is 0 Å². The predicted molar refractivity (Wildman–Crippen MR) is 95.7 cm³/mol. The summed E-state index contributed by atoms with van der Waals surface area (Å²) in [5, 5.41) is 3.06. The summed E-state index contributed by atoms with van der Waals surface area (Å²) in [5.41, 5.74) is 0. The van der Waals surface area contributed by atoms with E-state index >= 15 is 0 Å². The predicted octanol–water partition coefficient (Wildman–Crippen LogP) is 0.633. The molecule has 138 valence electrons. The first-order chi connectivity index (χ1) is 11.4. The minimum absolute atomic E-state index is 0.0363. The van der Waals surface area contributed by atoms with Crippen LogP contribution in [0.15, 0.2) is 0 Å². The van der Waals surface area contributed by atoms with E-state index in [-0.39, 0.29) is 23.8 Å². The molecule has 2 aliphatic heterocycles. The minimum Gasteiger partial charge on any atom is -0.355 e. The highest BCUT2D eigenvalue weighted by Gasteiger charge is 2.35. The molecule has 6 heteroatoms. The molecule has 1 N–H and O–H groups in total. The number of rotatable bonds is 7. The molecule has 6 nitrogen and oxygen atoms in total. The van der Waals surface area contributed by atoms with Crippen molar-refractivity contribution in [3.05, 3.63) is 0 Å². The summed E-state index contributed by atoms with van der Waals surface area (Å²) in [5.74, 6) is 0.391. The monoisotopic (exact) mass is 338 g/mol. The maximum Gasteiger partial charge on any atom is 0.225 e. The number of hydrogen-bond donors (Lipinski definition) is 1. The van der Waals surface area contributed by atoms with Gasteiger partial charge in [0.15, 0.2) is 0 Å². The van der Waals surface area contributed by atoms with E-state index in [4.69, 9.17) is 0 Å². The average molecular weight is 338 g/mol. The molecule has 0 aromatic rings. The summed E-state index contributed by atoms with van der Waals surface area (Å²) in [6, 6.07) is 0.177. The van der Waals surface area contributed by atoms with Crippen LogP contribution in [0.4, 0.5) is 0 Å². The fourth-order valence-electron chi connectivity index (χ4n) is 3.62. The van der Waals surface area contributed by atoms with Gasteiger partial charge in [0.2, 0.25) is 11.8 Å². The van der Waals surface area contributed by atoms with Crippen molar-refractivity contribution in [1.82, 2.24) is 20.0 Å². The van der Waals surface area contributed by atoms with Gasteiger partial charge < -0.3 is 20.0 Å². The van der Waals surface area contributed by atoms with Crippen LogP contribution in [0.25, 0.3) is 0 Å². The van der Waals surface area contributed by atoms with Gasteiger partial charge in [-0.25, -0.2) is 0 Å². The lowest BCUT2D eigenvalue weighted by Crippen LogP contribution is -2.48. The molecule has 0 aliphatic carbocycles. The van der Waals surface area contributed by atoms with Crippen LogP contribution in [-0.4, -0.2) is 84.9 Å². The molecule has 0 bridgehead atoms. The van der Waals surface area contributed by atoms with E-state index in [1.54, 1.807) is 4.90 Å². The van der Waals surface area contributed by atoms with Gasteiger partial charge in [-0.3, -0.25) is 9.59 Å². The van der Waals surface area contributed by atoms with Gasteiger partial charge in [-0.05, 0) is 26.3 Å². The highest BCUT2D eigenvalue weighted by molar-refractivity contribution is 5.89. The van der Waals surface area contributed by atoms with Crippen molar-refractivity contribution in [2.75, 3.05) is 52.4 Å². The molecule has 2 unspecified atom stereocenters. The third-order valence-corrected chi connectivity index (χ3v) is 5.26. The average Bonchev–Trinajstić information content (AvgIpc) is 2.95. The molecule has 0 saturated carbocycles. The van der Waals surface area contributed by atoms with Crippen LogP contribution >= 0.6 is 0 Å². The molecule has 2 atom stereocenters. The maximum atomic E-state index is 12.3. The van der Waals surface area contributed by atoms with Gasteiger partial charge in [-0.1, -0.05) is 13.8 Å². The van der Waals surface area contributed by atoms with E-state index in [2.05, 4.69) is 29.0 Å². The summed E-state index contributed by atoms with van der Waals surface area (Å²) in [4.78, 5) is 31.0. The molecule has 2 amide bonds. The Balaban J connectivity index is 1.67. The van der Waals surface area contributed by atoms with Gasteiger partial charge in [-0.2, -0.15) is 0 Å². The first kappa shape index (κ1) is 19.2. The lowest BCUT2D eigenvalue weighted by molar-refractivity contribution is -0.130. The van der Waals surface area contributed by atoms with Gasteiger partial charge in [0, 0.05) is 58.3 Å². The zero-order valence-electron chi connectivity index (χ0n) is 15.8. The van der Waals surface area contributed by atoms with Crippen LogP contribution < -0.4 is 5.32 Å². The van der Waals surface area contributed by atoms with Crippen molar-refractivity contribution >= 4 is 11.8 Å². The van der Waals surface area contributed by atoms with Gasteiger partial charge in [0.25, 0.3) is 0 Å². The maximum absolute atomic E-state index is 12.3. The van der Waals surface area contributed by atoms with E-state index in [0.717, 1.165) is 39.3 Å². The van der Waals surface area contributed by atoms with Crippen molar-refractivity contribution in [1.29, 1.82) is 0 Å². The molecule has 0 aromatic carbocycles. The molecule has 2 fully saturated rings. The van der Waals surface area contributed by atoms with Gasteiger partial charge in [-0.15, -0.1) is 0 Å². The van der Waals surface area contributed by atoms with E-state index in [9.17, 15) is 9.59 Å². The number of likely N-dealkylation sites (N-methyl/N-ethyl adjacent to an activating group) is 1. The van der Waals surface area contributed by atoms with Crippen molar-refractivity contribution in [2.45, 2.75) is 40.2 Å². The summed E-state index contributed by atoms with van der Waals surface area (Å²) >= 11 is 0. The fraction of sp³-hybridized carbons (Fsp3) is 0.889. The number of hydrogen-bond acceptors (Lipinski definition) is 4. The van der Waals surface area contributed by atoms with E-state index < -0.39 is 0 Å². The standard InChI is InChI=1S/C18H34N4O2/c1-5-20-6-8-21(9-7-20)12-15(4)11-19-18(24)16-10-17(23)22(13-16)14(2)3/h14-16H,5-13H2,1-4H3,(H,19,24).